The Morgan fingerprint density at radius 3 is 2.28 bits per heavy atom. The van der Waals surface area contributed by atoms with E-state index in [0.29, 0.717) is 43.5 Å². The van der Waals surface area contributed by atoms with Crippen molar-refractivity contribution in [1.82, 2.24) is 14.4 Å². The summed E-state index contributed by atoms with van der Waals surface area (Å²) >= 11 is 5.66. The average Bonchev–Trinajstić information content (AvgIpc) is 3.85. The maximum Gasteiger partial charge on any atom is 0.493 e. The fourth-order valence-electron chi connectivity index (χ4n) is 5.53. The van der Waals surface area contributed by atoms with Crippen LogP contribution in [0.2, 0.25) is 5.02 Å². The van der Waals surface area contributed by atoms with E-state index in [4.69, 9.17) is 16.3 Å². The Balaban J connectivity index is 1.35. The smallest absolute Gasteiger partial charge is 0.474 e. The Morgan fingerprint density at radius 2 is 1.72 bits per heavy atom. The molecule has 2 saturated carbocycles. The van der Waals surface area contributed by atoms with Gasteiger partial charge in [-0.15, -0.1) is 0 Å². The van der Waals surface area contributed by atoms with E-state index < -0.39 is 77.5 Å². The molecule has 1 amide bonds. The van der Waals surface area contributed by atoms with Gasteiger partial charge in [0.25, 0.3) is 10.0 Å². The topological polar surface area (TPSA) is 106 Å². The normalized spacial score (nSPS) is 20.5. The standard InChI is InChI=1S/C29H29ClF7N3O6S/c1-27(2)14-39(8-7-23(27)45-24-11-20(28(32,33)34)21(30)12-38-24)13-16-9-22(31)19(10-18(16)15-3-4-15)25(41)40(46-26(42)29(35,36)37)47(43,44)17-5-6-17/h9-12,15,17,23H,3-8,13-14H2,1-2H3. The second-order valence-corrected chi connectivity index (χ2v) is 15.0. The molecule has 1 atom stereocenters. The van der Waals surface area contributed by atoms with E-state index in [-0.39, 0.29) is 31.2 Å². The zero-order chi connectivity index (χ0) is 34.7. The summed E-state index contributed by atoms with van der Waals surface area (Å²) in [5.41, 5.74) is -1.64. The molecule has 47 heavy (non-hydrogen) atoms. The van der Waals surface area contributed by atoms with Crippen LogP contribution in [0.1, 0.15) is 78.9 Å². The molecule has 0 spiro atoms. The van der Waals surface area contributed by atoms with Gasteiger partial charge in [0, 0.05) is 31.1 Å². The predicted octanol–water partition coefficient (Wildman–Crippen LogP) is 6.40. The monoisotopic (exact) mass is 715 g/mol. The van der Waals surface area contributed by atoms with E-state index >= 15 is 4.39 Å². The molecule has 3 fully saturated rings. The summed E-state index contributed by atoms with van der Waals surface area (Å²) in [6.45, 7) is 4.57. The molecule has 1 aliphatic heterocycles. The first-order valence-corrected chi connectivity index (χ1v) is 16.4. The van der Waals surface area contributed by atoms with Crippen LogP contribution in [0, 0.1) is 11.2 Å². The summed E-state index contributed by atoms with van der Waals surface area (Å²) < 4.78 is 125. The number of halogens is 8. The number of nitrogens with zero attached hydrogens (tertiary/aromatic N) is 3. The van der Waals surface area contributed by atoms with Crippen molar-refractivity contribution in [2.45, 2.75) is 82.1 Å². The zero-order valence-electron chi connectivity index (χ0n) is 24.9. The van der Waals surface area contributed by atoms with Crippen molar-refractivity contribution >= 4 is 33.5 Å². The number of amides is 1. The molecule has 258 valence electrons. The van der Waals surface area contributed by atoms with Gasteiger partial charge < -0.3 is 9.57 Å². The predicted molar refractivity (Wildman–Crippen MR) is 151 cm³/mol. The lowest BCUT2D eigenvalue weighted by Crippen LogP contribution is -2.50. The van der Waals surface area contributed by atoms with E-state index in [0.717, 1.165) is 24.4 Å². The molecule has 3 aliphatic rings. The van der Waals surface area contributed by atoms with Gasteiger partial charge in [-0.1, -0.05) is 29.9 Å². The minimum Gasteiger partial charge on any atom is -0.474 e. The lowest BCUT2D eigenvalue weighted by Gasteiger charge is -2.44. The van der Waals surface area contributed by atoms with Crippen LogP contribution in [0.3, 0.4) is 0 Å². The van der Waals surface area contributed by atoms with Crippen molar-refractivity contribution in [2.24, 2.45) is 5.41 Å². The van der Waals surface area contributed by atoms with Crippen LogP contribution in [-0.4, -0.2) is 65.3 Å². The average molecular weight is 716 g/mol. The van der Waals surface area contributed by atoms with Crippen molar-refractivity contribution in [2.75, 3.05) is 13.1 Å². The molecule has 2 aliphatic carbocycles. The largest absolute Gasteiger partial charge is 0.493 e. The number of alkyl halides is 6. The van der Waals surface area contributed by atoms with Gasteiger partial charge in [0.05, 0.1) is 27.6 Å². The first-order valence-electron chi connectivity index (χ1n) is 14.5. The van der Waals surface area contributed by atoms with Crippen LogP contribution >= 0.6 is 11.6 Å². The molecule has 0 bridgehead atoms. The number of piperidine rings is 1. The number of hydroxylamine groups is 1. The molecule has 1 aromatic heterocycles. The molecular weight excluding hydrogens is 687 g/mol. The Hall–Kier alpha value is -3.18. The van der Waals surface area contributed by atoms with Gasteiger partial charge in [0.2, 0.25) is 5.88 Å². The number of carbonyl (C=O) groups is 2. The molecule has 1 unspecified atom stereocenters. The summed E-state index contributed by atoms with van der Waals surface area (Å²) in [6, 6.07) is 2.84. The van der Waals surface area contributed by atoms with E-state index in [9.17, 15) is 44.3 Å². The third kappa shape index (κ3) is 7.77. The van der Waals surface area contributed by atoms with Crippen LogP contribution in [-0.2, 0) is 32.4 Å². The molecule has 5 rings (SSSR count). The molecule has 9 nitrogen and oxygen atoms in total. The Morgan fingerprint density at radius 1 is 1.06 bits per heavy atom. The second-order valence-electron chi connectivity index (χ2n) is 12.6. The first-order chi connectivity index (χ1) is 21.7. The van der Waals surface area contributed by atoms with Crippen molar-refractivity contribution in [3.8, 4) is 5.88 Å². The summed E-state index contributed by atoms with van der Waals surface area (Å²) in [5.74, 6) is -6.30. The second kappa shape index (κ2) is 12.4. The maximum absolute atomic E-state index is 15.5. The summed E-state index contributed by atoms with van der Waals surface area (Å²) in [4.78, 5) is 34.6. The third-order valence-corrected chi connectivity index (χ3v) is 10.5. The lowest BCUT2D eigenvalue weighted by molar-refractivity contribution is -0.217. The minimum atomic E-state index is -5.62. The highest BCUT2D eigenvalue weighted by molar-refractivity contribution is 7.90. The number of benzene rings is 1. The van der Waals surface area contributed by atoms with E-state index in [1.165, 1.54) is 0 Å². The zero-order valence-corrected chi connectivity index (χ0v) is 26.5. The number of ether oxygens (including phenoxy) is 1. The molecule has 2 aromatic rings. The fourth-order valence-corrected chi connectivity index (χ4v) is 7.25. The van der Waals surface area contributed by atoms with E-state index in [1.54, 1.807) is 0 Å². The maximum atomic E-state index is 15.5. The van der Waals surface area contributed by atoms with Gasteiger partial charge >= 0.3 is 24.2 Å². The molecule has 1 saturated heterocycles. The number of carbonyl (C=O) groups excluding carboxylic acids is 2. The van der Waals surface area contributed by atoms with Crippen molar-refractivity contribution in [1.29, 1.82) is 0 Å². The van der Waals surface area contributed by atoms with Gasteiger partial charge in [-0.25, -0.2) is 22.6 Å². The van der Waals surface area contributed by atoms with Crippen LogP contribution in [0.5, 0.6) is 5.88 Å². The highest BCUT2D eigenvalue weighted by atomic mass is 35.5. The Kier molecular flexibility index (Phi) is 9.24. The molecule has 2 heterocycles. The van der Waals surface area contributed by atoms with Gasteiger partial charge in [0.1, 0.15) is 11.9 Å². The molecular formula is C29H29ClF7N3O6S. The van der Waals surface area contributed by atoms with Gasteiger partial charge in [-0.2, -0.15) is 26.3 Å². The molecule has 18 heteroatoms. The number of hydrogen-bond donors (Lipinski definition) is 0. The Bertz CT molecular complexity index is 1680. The Labute approximate surface area is 270 Å². The number of sulfonamides is 1. The SMILES string of the molecule is CC1(C)CN(Cc2cc(F)c(C(=O)N(OC(=O)C(F)(F)F)S(=O)(=O)C3CC3)cc2C2CC2)CCC1Oc1cc(C(F)(F)F)c(Cl)cn1. The fraction of sp³-hybridized carbons (Fsp3) is 0.552. The van der Waals surface area contributed by atoms with Crippen LogP contribution in [0.25, 0.3) is 0 Å². The van der Waals surface area contributed by atoms with Crippen LogP contribution in [0.15, 0.2) is 24.4 Å². The number of aromatic nitrogens is 1. The number of likely N-dealkylation sites (tertiary alicyclic amines) is 1. The van der Waals surface area contributed by atoms with Gasteiger partial charge in [-0.05, 0) is 61.3 Å². The highest BCUT2D eigenvalue weighted by Gasteiger charge is 2.50. The van der Waals surface area contributed by atoms with Crippen molar-refractivity contribution in [3.05, 3.63) is 57.5 Å². The number of rotatable bonds is 8. The van der Waals surface area contributed by atoms with Crippen LogP contribution < -0.4 is 4.74 Å². The quantitative estimate of drug-likeness (QED) is 0.228. The highest BCUT2D eigenvalue weighted by Crippen LogP contribution is 2.44. The summed E-state index contributed by atoms with van der Waals surface area (Å²) in [5, 5.41) is -1.82. The number of hydrogen-bond acceptors (Lipinski definition) is 8. The molecule has 0 N–H and O–H groups in total. The minimum absolute atomic E-state index is 0.0211. The van der Waals surface area contributed by atoms with Crippen molar-refractivity contribution in [3.63, 3.8) is 0 Å². The number of pyridine rings is 1. The lowest BCUT2D eigenvalue weighted by atomic mass is 9.80. The van der Waals surface area contributed by atoms with E-state index in [1.807, 2.05) is 18.7 Å². The van der Waals surface area contributed by atoms with Gasteiger partial charge in [-0.3, -0.25) is 9.69 Å². The first kappa shape index (κ1) is 35.1. The van der Waals surface area contributed by atoms with Gasteiger partial charge in [0.15, 0.2) is 0 Å². The molecule has 0 radical (unpaired) electrons. The van der Waals surface area contributed by atoms with E-state index in [2.05, 4.69) is 9.82 Å². The summed E-state index contributed by atoms with van der Waals surface area (Å²) in [7, 11) is -4.86. The van der Waals surface area contributed by atoms with Crippen molar-refractivity contribution < 1.29 is 58.3 Å². The summed E-state index contributed by atoms with van der Waals surface area (Å²) in [6.07, 6.45) is -8.29. The third-order valence-electron chi connectivity index (χ3n) is 8.22. The van der Waals surface area contributed by atoms with Crippen LogP contribution in [0.4, 0.5) is 30.7 Å². The molecule has 1 aromatic carbocycles.